The molecule has 0 atom stereocenters. The largest absolute Gasteiger partial charge is 0.505 e. The Morgan fingerprint density at radius 1 is 1.14 bits per heavy atom. The highest BCUT2D eigenvalue weighted by atomic mass is 35.5. The fraction of sp³-hybridized carbons (Fsp3) is 0.143. The summed E-state index contributed by atoms with van der Waals surface area (Å²) >= 11 is 6.13. The molecule has 8 heteroatoms. The fourth-order valence-electron chi connectivity index (χ4n) is 3.98. The zero-order chi connectivity index (χ0) is 20.3. The Morgan fingerprint density at radius 3 is 2.66 bits per heavy atom. The highest BCUT2D eigenvalue weighted by Gasteiger charge is 2.33. The quantitative estimate of drug-likeness (QED) is 0.530. The molecule has 0 saturated heterocycles. The monoisotopic (exact) mass is 411 g/mol. The van der Waals surface area contributed by atoms with E-state index in [1.54, 1.807) is 39.6 Å². The normalized spacial score (nSPS) is 14.0. The maximum atomic E-state index is 13.1. The average Bonchev–Trinajstić information content (AvgIpc) is 3.00. The number of amides is 1. The van der Waals surface area contributed by atoms with Gasteiger partial charge in [-0.15, -0.1) is 0 Å². The van der Waals surface area contributed by atoms with Crippen molar-refractivity contribution in [2.24, 2.45) is 0 Å². The number of carbonyl (C=O) groups is 1. The van der Waals surface area contributed by atoms with E-state index < -0.39 is 5.56 Å². The van der Waals surface area contributed by atoms with E-state index in [-0.39, 0.29) is 35.1 Å². The predicted molar refractivity (Wildman–Crippen MR) is 107 cm³/mol. The molecule has 29 heavy (non-hydrogen) atoms. The van der Waals surface area contributed by atoms with E-state index in [2.05, 4.69) is 4.98 Å². The first-order chi connectivity index (χ1) is 13.9. The van der Waals surface area contributed by atoms with Gasteiger partial charge < -0.3 is 19.4 Å². The number of hydrogen-bond acceptors (Lipinski definition) is 3. The van der Waals surface area contributed by atoms with Crippen LogP contribution in [-0.2, 0) is 13.0 Å². The van der Waals surface area contributed by atoms with E-state index in [1.165, 1.54) is 12.1 Å². The van der Waals surface area contributed by atoms with Crippen LogP contribution in [0, 0.1) is 5.82 Å². The predicted octanol–water partition coefficient (Wildman–Crippen LogP) is 3.48. The number of rotatable bonds is 2. The first kappa shape index (κ1) is 17.8. The van der Waals surface area contributed by atoms with Gasteiger partial charge in [-0.25, -0.2) is 4.39 Å². The van der Waals surface area contributed by atoms with E-state index in [0.29, 0.717) is 34.7 Å². The van der Waals surface area contributed by atoms with Gasteiger partial charge in [0.05, 0.1) is 11.0 Å². The van der Waals surface area contributed by atoms with Gasteiger partial charge in [-0.2, -0.15) is 0 Å². The Kier molecular flexibility index (Phi) is 3.89. The SMILES string of the molecule is O=C1c2c(O)c3c(=O)[nH]c4ccc(Cl)cc4n3c2CCN1Cc1ccc(F)cc1. The molecule has 4 aromatic rings. The number of benzene rings is 2. The number of hydrogen-bond donors (Lipinski definition) is 2. The molecule has 2 aromatic carbocycles. The Balaban J connectivity index is 1.67. The van der Waals surface area contributed by atoms with Crippen molar-refractivity contribution in [2.75, 3.05) is 6.54 Å². The lowest BCUT2D eigenvalue weighted by Gasteiger charge is -2.27. The molecule has 1 aliphatic heterocycles. The average molecular weight is 412 g/mol. The summed E-state index contributed by atoms with van der Waals surface area (Å²) in [5.41, 5.74) is 2.20. The summed E-state index contributed by atoms with van der Waals surface area (Å²) in [6.45, 7) is 0.691. The lowest BCUT2D eigenvalue weighted by Crippen LogP contribution is -2.37. The minimum Gasteiger partial charge on any atom is -0.505 e. The summed E-state index contributed by atoms with van der Waals surface area (Å²) in [6.07, 6.45) is 0.453. The molecule has 2 aromatic heterocycles. The molecule has 0 aliphatic carbocycles. The second kappa shape index (κ2) is 6.35. The highest BCUT2D eigenvalue weighted by molar-refractivity contribution is 6.31. The molecular weight excluding hydrogens is 397 g/mol. The summed E-state index contributed by atoms with van der Waals surface area (Å²) in [7, 11) is 0. The third kappa shape index (κ3) is 2.69. The molecule has 1 aliphatic rings. The Bertz CT molecular complexity index is 1360. The molecular formula is C21H15ClFN3O3. The van der Waals surface area contributed by atoms with Gasteiger partial charge in [0.25, 0.3) is 11.5 Å². The molecule has 3 heterocycles. The van der Waals surface area contributed by atoms with E-state index >= 15 is 0 Å². The van der Waals surface area contributed by atoms with Gasteiger partial charge in [-0.3, -0.25) is 9.59 Å². The molecule has 5 rings (SSSR count). The summed E-state index contributed by atoms with van der Waals surface area (Å²) < 4.78 is 14.8. The summed E-state index contributed by atoms with van der Waals surface area (Å²) in [6, 6.07) is 11.0. The fourth-order valence-corrected chi connectivity index (χ4v) is 4.15. The van der Waals surface area contributed by atoms with Crippen LogP contribution in [0.3, 0.4) is 0 Å². The molecule has 0 spiro atoms. The first-order valence-corrected chi connectivity index (χ1v) is 9.43. The Morgan fingerprint density at radius 2 is 1.90 bits per heavy atom. The number of halogens is 2. The van der Waals surface area contributed by atoms with Crippen LogP contribution in [0.25, 0.3) is 16.6 Å². The maximum Gasteiger partial charge on any atom is 0.276 e. The minimum absolute atomic E-state index is 0.0294. The lowest BCUT2D eigenvalue weighted by atomic mass is 10.1. The zero-order valence-corrected chi connectivity index (χ0v) is 15.8. The van der Waals surface area contributed by atoms with Gasteiger partial charge in [0.2, 0.25) is 0 Å². The second-order valence-electron chi connectivity index (χ2n) is 7.07. The lowest BCUT2D eigenvalue weighted by molar-refractivity contribution is 0.0723. The van der Waals surface area contributed by atoms with Crippen LogP contribution in [0.2, 0.25) is 5.02 Å². The molecule has 0 unspecified atom stereocenters. The van der Waals surface area contributed by atoms with Crippen molar-refractivity contribution in [3.05, 3.63) is 80.5 Å². The van der Waals surface area contributed by atoms with Gasteiger partial charge in [0.1, 0.15) is 11.4 Å². The number of H-pyrrole nitrogens is 1. The van der Waals surface area contributed by atoms with Crippen molar-refractivity contribution in [3.8, 4) is 5.75 Å². The molecule has 0 bridgehead atoms. The van der Waals surface area contributed by atoms with Crippen molar-refractivity contribution in [1.82, 2.24) is 14.3 Å². The molecule has 0 saturated carbocycles. The Labute approximate surface area is 168 Å². The smallest absolute Gasteiger partial charge is 0.276 e. The summed E-state index contributed by atoms with van der Waals surface area (Å²) in [4.78, 5) is 30.0. The molecule has 1 amide bonds. The number of nitrogens with zero attached hydrogens (tertiary/aromatic N) is 2. The van der Waals surface area contributed by atoms with Crippen LogP contribution in [0.5, 0.6) is 5.75 Å². The van der Waals surface area contributed by atoms with Crippen molar-refractivity contribution in [3.63, 3.8) is 0 Å². The van der Waals surface area contributed by atoms with Crippen LogP contribution in [0.4, 0.5) is 4.39 Å². The van der Waals surface area contributed by atoms with Gasteiger partial charge in [0, 0.05) is 30.2 Å². The van der Waals surface area contributed by atoms with Gasteiger partial charge >= 0.3 is 0 Å². The van der Waals surface area contributed by atoms with Crippen molar-refractivity contribution in [2.45, 2.75) is 13.0 Å². The number of aromatic nitrogens is 2. The van der Waals surface area contributed by atoms with Crippen LogP contribution in [0.1, 0.15) is 21.6 Å². The molecule has 6 nitrogen and oxygen atoms in total. The van der Waals surface area contributed by atoms with Crippen molar-refractivity contribution < 1.29 is 14.3 Å². The third-order valence-corrected chi connectivity index (χ3v) is 5.55. The number of aromatic amines is 1. The zero-order valence-electron chi connectivity index (χ0n) is 15.1. The maximum absolute atomic E-state index is 13.1. The van der Waals surface area contributed by atoms with Crippen molar-refractivity contribution >= 4 is 34.1 Å². The van der Waals surface area contributed by atoms with Crippen LogP contribution < -0.4 is 5.56 Å². The summed E-state index contributed by atoms with van der Waals surface area (Å²) in [5, 5.41) is 11.2. The summed E-state index contributed by atoms with van der Waals surface area (Å²) in [5.74, 6) is -1.05. The van der Waals surface area contributed by atoms with Crippen LogP contribution >= 0.6 is 11.6 Å². The Hall–Kier alpha value is -3.32. The first-order valence-electron chi connectivity index (χ1n) is 9.05. The number of fused-ring (bicyclic) bond motifs is 5. The molecule has 0 radical (unpaired) electrons. The standard InChI is InChI=1S/C21H15ClFN3O3/c22-12-3-6-14-16(9-12)26-15-7-8-25(10-11-1-4-13(23)5-2-11)21(29)17(15)19(27)18(26)20(28)24-14/h1-6,9,27H,7-8,10H2,(H,24,28). The number of aromatic hydroxyl groups is 1. The van der Waals surface area contributed by atoms with E-state index in [0.717, 1.165) is 5.56 Å². The number of nitrogens with one attached hydrogen (secondary N) is 1. The molecule has 0 fully saturated rings. The van der Waals surface area contributed by atoms with E-state index in [9.17, 15) is 19.1 Å². The highest BCUT2D eigenvalue weighted by Crippen LogP contribution is 2.35. The van der Waals surface area contributed by atoms with Crippen LogP contribution in [-0.4, -0.2) is 31.8 Å². The van der Waals surface area contributed by atoms with Gasteiger partial charge in [0.15, 0.2) is 11.3 Å². The van der Waals surface area contributed by atoms with Gasteiger partial charge in [-0.1, -0.05) is 23.7 Å². The molecule has 146 valence electrons. The van der Waals surface area contributed by atoms with E-state index in [4.69, 9.17) is 11.6 Å². The van der Waals surface area contributed by atoms with E-state index in [1.807, 2.05) is 0 Å². The topological polar surface area (TPSA) is 77.8 Å². The second-order valence-corrected chi connectivity index (χ2v) is 7.51. The number of carbonyl (C=O) groups excluding carboxylic acids is 1. The van der Waals surface area contributed by atoms with Gasteiger partial charge in [-0.05, 0) is 35.9 Å². The third-order valence-electron chi connectivity index (χ3n) is 5.31. The minimum atomic E-state index is -0.482. The van der Waals surface area contributed by atoms with Crippen LogP contribution in [0.15, 0.2) is 47.3 Å². The van der Waals surface area contributed by atoms with Crippen molar-refractivity contribution in [1.29, 1.82) is 0 Å². The molecule has 2 N–H and O–H groups in total.